The van der Waals surface area contributed by atoms with E-state index in [1.165, 1.54) is 15.9 Å². The van der Waals surface area contributed by atoms with E-state index in [-0.39, 0.29) is 10.5 Å². The number of carbonyl (C=O) groups excluding carboxylic acids is 1. The van der Waals surface area contributed by atoms with Crippen LogP contribution in [0.1, 0.15) is 53.6 Å². The number of rotatable bonds is 4. The highest BCUT2D eigenvalue weighted by Gasteiger charge is 2.26. The van der Waals surface area contributed by atoms with Crippen LogP contribution >= 0.6 is 0 Å². The van der Waals surface area contributed by atoms with Crippen LogP contribution in [0.4, 0.5) is 0 Å². The quantitative estimate of drug-likeness (QED) is 0.784. The smallest absolute Gasteiger partial charge is 0.267 e. The SMILES string of the molecule is O=C(N/N=C1\CCCc2ccccc21)c1cccc(S(=O)(=O)N2CCCCC2)c1. The summed E-state index contributed by atoms with van der Waals surface area (Å²) in [6.07, 6.45) is 5.62. The van der Waals surface area contributed by atoms with E-state index in [1.54, 1.807) is 18.2 Å². The van der Waals surface area contributed by atoms with Crippen LogP contribution in [-0.4, -0.2) is 37.4 Å². The second kappa shape index (κ2) is 8.47. The third kappa shape index (κ3) is 4.26. The summed E-state index contributed by atoms with van der Waals surface area (Å²) in [6.45, 7) is 1.07. The average molecular weight is 412 g/mol. The van der Waals surface area contributed by atoms with Crippen molar-refractivity contribution >= 4 is 21.6 Å². The molecule has 0 spiro atoms. The Morgan fingerprint density at radius 2 is 1.72 bits per heavy atom. The molecule has 1 saturated heterocycles. The van der Waals surface area contributed by atoms with Gasteiger partial charge in [-0.3, -0.25) is 4.79 Å². The maximum Gasteiger partial charge on any atom is 0.271 e. The lowest BCUT2D eigenvalue weighted by Crippen LogP contribution is -2.35. The molecule has 0 radical (unpaired) electrons. The minimum absolute atomic E-state index is 0.155. The summed E-state index contributed by atoms with van der Waals surface area (Å²) in [7, 11) is -3.58. The maximum absolute atomic E-state index is 12.9. The van der Waals surface area contributed by atoms with E-state index in [1.807, 2.05) is 18.2 Å². The highest BCUT2D eigenvalue weighted by molar-refractivity contribution is 7.89. The van der Waals surface area contributed by atoms with E-state index in [2.05, 4.69) is 16.6 Å². The molecule has 0 atom stereocenters. The van der Waals surface area contributed by atoms with Crippen molar-refractivity contribution in [3.05, 3.63) is 65.2 Å². The second-order valence-electron chi connectivity index (χ2n) is 7.50. The summed E-state index contributed by atoms with van der Waals surface area (Å²) in [5, 5.41) is 4.34. The fourth-order valence-electron chi connectivity index (χ4n) is 3.95. The molecule has 0 aromatic heterocycles. The molecule has 6 nitrogen and oxygen atoms in total. The maximum atomic E-state index is 12.9. The number of amides is 1. The van der Waals surface area contributed by atoms with Gasteiger partial charge >= 0.3 is 0 Å². The Bertz CT molecular complexity index is 1040. The van der Waals surface area contributed by atoms with Crippen LogP contribution in [-0.2, 0) is 16.4 Å². The number of hydrogen-bond acceptors (Lipinski definition) is 4. The van der Waals surface area contributed by atoms with E-state index in [4.69, 9.17) is 0 Å². The predicted octanol–water partition coefficient (Wildman–Crippen LogP) is 3.33. The molecule has 1 heterocycles. The predicted molar refractivity (Wildman–Crippen MR) is 112 cm³/mol. The molecule has 4 rings (SSSR count). The number of sulfonamides is 1. The van der Waals surface area contributed by atoms with Crippen molar-refractivity contribution < 1.29 is 13.2 Å². The lowest BCUT2D eigenvalue weighted by molar-refractivity contribution is 0.0954. The van der Waals surface area contributed by atoms with Crippen LogP contribution in [0.15, 0.2) is 58.5 Å². The Morgan fingerprint density at radius 3 is 2.55 bits per heavy atom. The second-order valence-corrected chi connectivity index (χ2v) is 9.44. The Hall–Kier alpha value is -2.51. The van der Waals surface area contributed by atoms with Crippen molar-refractivity contribution in [1.82, 2.24) is 9.73 Å². The van der Waals surface area contributed by atoms with E-state index in [9.17, 15) is 13.2 Å². The molecule has 2 aromatic rings. The molecule has 29 heavy (non-hydrogen) atoms. The fraction of sp³-hybridized carbons (Fsp3) is 0.364. The molecular formula is C22H25N3O3S. The van der Waals surface area contributed by atoms with Gasteiger partial charge in [-0.2, -0.15) is 9.41 Å². The number of nitrogens with one attached hydrogen (secondary N) is 1. The third-order valence-corrected chi connectivity index (χ3v) is 7.42. The summed E-state index contributed by atoms with van der Waals surface area (Å²) in [4.78, 5) is 12.8. The monoisotopic (exact) mass is 411 g/mol. The lowest BCUT2D eigenvalue weighted by atomic mass is 9.90. The number of benzene rings is 2. The van der Waals surface area contributed by atoms with E-state index < -0.39 is 15.9 Å². The first kappa shape index (κ1) is 19.8. The zero-order valence-corrected chi connectivity index (χ0v) is 17.1. The highest BCUT2D eigenvalue weighted by atomic mass is 32.2. The van der Waals surface area contributed by atoms with Crippen LogP contribution in [0, 0.1) is 0 Å². The first-order valence-corrected chi connectivity index (χ1v) is 11.5. The third-order valence-electron chi connectivity index (χ3n) is 5.53. The Morgan fingerprint density at radius 1 is 0.931 bits per heavy atom. The number of carbonyl (C=O) groups is 1. The molecule has 7 heteroatoms. The van der Waals surface area contributed by atoms with Gasteiger partial charge in [-0.1, -0.05) is 36.8 Å². The van der Waals surface area contributed by atoms with Crippen molar-refractivity contribution in [2.45, 2.75) is 43.4 Å². The molecular weight excluding hydrogens is 386 g/mol. The van der Waals surface area contributed by atoms with E-state index in [0.717, 1.165) is 49.8 Å². The summed E-state index contributed by atoms with van der Waals surface area (Å²) in [6, 6.07) is 14.3. The average Bonchev–Trinajstić information content (AvgIpc) is 2.78. The van der Waals surface area contributed by atoms with Crippen LogP contribution in [0.25, 0.3) is 0 Å². The van der Waals surface area contributed by atoms with Crippen LogP contribution in [0.3, 0.4) is 0 Å². The summed E-state index contributed by atoms with van der Waals surface area (Å²) < 4.78 is 27.2. The molecule has 1 aliphatic carbocycles. The van der Waals surface area contributed by atoms with Gasteiger partial charge in [0.15, 0.2) is 0 Å². The minimum Gasteiger partial charge on any atom is -0.267 e. The Labute approximate surface area is 171 Å². The Balaban J connectivity index is 1.53. The van der Waals surface area contributed by atoms with E-state index in [0.29, 0.717) is 13.1 Å². The molecule has 1 N–H and O–H groups in total. The van der Waals surface area contributed by atoms with Gasteiger partial charge < -0.3 is 0 Å². The van der Waals surface area contributed by atoms with Gasteiger partial charge in [-0.15, -0.1) is 0 Å². The number of piperidine rings is 1. The number of aryl methyl sites for hydroxylation is 1. The molecule has 0 saturated carbocycles. The van der Waals surface area contributed by atoms with Crippen LogP contribution in [0.2, 0.25) is 0 Å². The number of hydrogen-bond donors (Lipinski definition) is 1. The molecule has 2 aromatic carbocycles. The van der Waals surface area contributed by atoms with Crippen LogP contribution < -0.4 is 5.43 Å². The molecule has 1 amide bonds. The zero-order chi connectivity index (χ0) is 20.3. The molecule has 1 fully saturated rings. The van der Waals surface area contributed by atoms with Gasteiger partial charge in [0.1, 0.15) is 0 Å². The topological polar surface area (TPSA) is 78.8 Å². The fourth-order valence-corrected chi connectivity index (χ4v) is 5.52. The van der Waals surface area contributed by atoms with Gasteiger partial charge in [0, 0.05) is 24.2 Å². The number of nitrogens with zero attached hydrogens (tertiary/aromatic N) is 2. The first-order chi connectivity index (χ1) is 14.1. The summed E-state index contributed by atoms with van der Waals surface area (Å²) in [5.41, 5.74) is 6.06. The zero-order valence-electron chi connectivity index (χ0n) is 16.3. The van der Waals surface area contributed by atoms with Crippen molar-refractivity contribution in [2.24, 2.45) is 5.10 Å². The van der Waals surface area contributed by atoms with Gasteiger partial charge in [0.2, 0.25) is 10.0 Å². The summed E-state index contributed by atoms with van der Waals surface area (Å²) >= 11 is 0. The largest absolute Gasteiger partial charge is 0.271 e. The molecule has 1 aliphatic heterocycles. The van der Waals surface area contributed by atoms with Crippen molar-refractivity contribution in [3.63, 3.8) is 0 Å². The molecule has 0 bridgehead atoms. The molecule has 0 unspecified atom stereocenters. The number of hydrazone groups is 1. The van der Waals surface area contributed by atoms with E-state index >= 15 is 0 Å². The van der Waals surface area contributed by atoms with Gasteiger partial charge in [0.05, 0.1) is 10.6 Å². The number of fused-ring (bicyclic) bond motifs is 1. The Kier molecular flexibility index (Phi) is 5.78. The normalized spacial score (nSPS) is 19.0. The van der Waals surface area contributed by atoms with Gasteiger partial charge in [-0.25, -0.2) is 13.8 Å². The van der Waals surface area contributed by atoms with Crippen LogP contribution in [0.5, 0.6) is 0 Å². The highest BCUT2D eigenvalue weighted by Crippen LogP contribution is 2.22. The van der Waals surface area contributed by atoms with Crippen molar-refractivity contribution in [3.8, 4) is 0 Å². The van der Waals surface area contributed by atoms with Crippen molar-refractivity contribution in [2.75, 3.05) is 13.1 Å². The van der Waals surface area contributed by atoms with Gasteiger partial charge in [-0.05, 0) is 55.9 Å². The van der Waals surface area contributed by atoms with Gasteiger partial charge in [0.25, 0.3) is 5.91 Å². The summed E-state index contributed by atoms with van der Waals surface area (Å²) in [5.74, 6) is -0.406. The molecule has 2 aliphatic rings. The standard InChI is InChI=1S/C22H25N3O3S/c26-22(24-23-21-13-7-9-17-8-2-3-12-20(17)21)18-10-6-11-19(16-18)29(27,28)25-14-4-1-5-15-25/h2-3,6,8,10-12,16H,1,4-5,7,9,13-15H2,(H,24,26)/b23-21+. The molecule has 152 valence electrons. The minimum atomic E-state index is -3.58. The van der Waals surface area contributed by atoms with Crippen molar-refractivity contribution in [1.29, 1.82) is 0 Å². The first-order valence-electron chi connectivity index (χ1n) is 10.1. The lowest BCUT2D eigenvalue weighted by Gasteiger charge is -2.26.